The highest BCUT2D eigenvalue weighted by molar-refractivity contribution is 7.23. The first kappa shape index (κ1) is 36.1. The normalized spacial score (nSPS) is 22.4. The number of carbonyl (C=O) groups excluding carboxylic acids is 1. The van der Waals surface area contributed by atoms with Crippen molar-refractivity contribution in [3.05, 3.63) is 58.4 Å². The topological polar surface area (TPSA) is 74.3 Å². The fourth-order valence-electron chi connectivity index (χ4n) is 6.20. The predicted molar refractivity (Wildman–Crippen MR) is 181 cm³/mol. The van der Waals surface area contributed by atoms with Gasteiger partial charge in [-0.25, -0.2) is 4.79 Å². The molecule has 0 aromatic carbocycles. The maximum Gasteiger partial charge on any atom is 0.323 e. The fraction of sp³-hybridized carbons (Fsp3) is 0.667. The van der Waals surface area contributed by atoms with Gasteiger partial charge in [-0.1, -0.05) is 52.0 Å². The van der Waals surface area contributed by atoms with E-state index in [0.29, 0.717) is 37.6 Å². The first-order valence-corrected chi connectivity index (χ1v) is 16.8. The number of aliphatic hydroxyl groups excluding tert-OH is 1. The summed E-state index contributed by atoms with van der Waals surface area (Å²) in [6, 6.07) is 1.04. The molecule has 3 N–H and O–H groups in total. The van der Waals surface area contributed by atoms with E-state index in [0.717, 1.165) is 63.5 Å². The van der Waals surface area contributed by atoms with Crippen molar-refractivity contribution in [3.8, 4) is 0 Å². The molecule has 8 nitrogen and oxygen atoms in total. The summed E-state index contributed by atoms with van der Waals surface area (Å²) in [5.41, 5.74) is 3.14. The number of nitrogens with one attached hydrogen (secondary N) is 2. The van der Waals surface area contributed by atoms with Crippen LogP contribution in [0.5, 0.6) is 0 Å². The summed E-state index contributed by atoms with van der Waals surface area (Å²) in [7, 11) is 2.90. The number of rotatable bonds is 11. The first-order valence-electron chi connectivity index (χ1n) is 16.2. The van der Waals surface area contributed by atoms with Crippen LogP contribution in [0.25, 0.3) is 0 Å². The molecule has 0 saturated carbocycles. The summed E-state index contributed by atoms with van der Waals surface area (Å²) < 4.78 is 0. The molecule has 3 rings (SSSR count). The summed E-state index contributed by atoms with van der Waals surface area (Å²) in [5.74, 6) is 0.346. The van der Waals surface area contributed by atoms with E-state index in [9.17, 15) is 9.90 Å². The van der Waals surface area contributed by atoms with Crippen LogP contribution in [0.1, 0.15) is 74.1 Å². The second-order valence-corrected chi connectivity index (χ2v) is 11.6. The number of amides is 2. The SMILES string of the molecule is CC.C\C=C/C(CN1CCC(N2CCN(C/C(O)=C\C3=C(CC)N(C(=O)NCC)CN3)CC2CC)CC1)=C(P)\C=C\C. The molecule has 3 aliphatic rings. The van der Waals surface area contributed by atoms with Gasteiger partial charge in [0.15, 0.2) is 0 Å². The molecular formula is C33H59N6O2P. The molecule has 2 fully saturated rings. The summed E-state index contributed by atoms with van der Waals surface area (Å²) in [5, 5.41) is 18.3. The Kier molecular flexibility index (Phi) is 16.5. The van der Waals surface area contributed by atoms with Gasteiger partial charge in [-0.3, -0.25) is 19.6 Å². The van der Waals surface area contributed by atoms with E-state index in [1.807, 2.05) is 33.8 Å². The van der Waals surface area contributed by atoms with Gasteiger partial charge in [0.1, 0.15) is 5.76 Å². The molecule has 2 atom stereocenters. The Hall–Kier alpha value is -2.12. The molecule has 9 heteroatoms. The minimum atomic E-state index is -0.0973. The van der Waals surface area contributed by atoms with Crippen molar-refractivity contribution in [1.29, 1.82) is 0 Å². The van der Waals surface area contributed by atoms with E-state index in [-0.39, 0.29) is 6.03 Å². The number of hydrogen-bond donors (Lipinski definition) is 3. The van der Waals surface area contributed by atoms with Gasteiger partial charge in [-0.05, 0) is 70.4 Å². The van der Waals surface area contributed by atoms with Gasteiger partial charge in [-0.2, -0.15) is 0 Å². The fourth-order valence-corrected chi connectivity index (χ4v) is 6.58. The Bertz CT molecular complexity index is 996. The van der Waals surface area contributed by atoms with E-state index in [2.05, 4.69) is 79.6 Å². The Labute approximate surface area is 258 Å². The largest absolute Gasteiger partial charge is 0.511 e. The van der Waals surface area contributed by atoms with E-state index in [1.54, 1.807) is 4.90 Å². The van der Waals surface area contributed by atoms with Crippen molar-refractivity contribution < 1.29 is 9.90 Å². The average Bonchev–Trinajstić information content (AvgIpc) is 3.41. The molecule has 3 aliphatic heterocycles. The molecule has 238 valence electrons. The average molecular weight is 603 g/mol. The number of carbonyl (C=O) groups is 1. The highest BCUT2D eigenvalue weighted by Gasteiger charge is 2.33. The number of urea groups is 1. The van der Waals surface area contributed by atoms with Gasteiger partial charge in [-0.15, -0.1) is 9.24 Å². The molecule has 42 heavy (non-hydrogen) atoms. The lowest BCUT2D eigenvalue weighted by molar-refractivity contribution is 0.0149. The third-order valence-electron chi connectivity index (χ3n) is 8.26. The molecule has 0 radical (unpaired) electrons. The second-order valence-electron chi connectivity index (χ2n) is 11.0. The first-order chi connectivity index (χ1) is 20.3. The highest BCUT2D eigenvalue weighted by Crippen LogP contribution is 2.26. The molecule has 3 heterocycles. The predicted octanol–water partition coefficient (Wildman–Crippen LogP) is 5.81. The smallest absolute Gasteiger partial charge is 0.323 e. The zero-order valence-corrected chi connectivity index (χ0v) is 28.6. The molecule has 0 aromatic rings. The van der Waals surface area contributed by atoms with E-state index in [4.69, 9.17) is 0 Å². The quantitative estimate of drug-likeness (QED) is 0.158. The molecule has 0 bridgehead atoms. The third-order valence-corrected chi connectivity index (χ3v) is 8.82. The van der Waals surface area contributed by atoms with Crippen LogP contribution in [-0.2, 0) is 0 Å². The highest BCUT2D eigenvalue weighted by atomic mass is 31.0. The molecule has 2 unspecified atom stereocenters. The Morgan fingerprint density at radius 2 is 1.71 bits per heavy atom. The maximum absolute atomic E-state index is 12.4. The molecule has 2 saturated heterocycles. The van der Waals surface area contributed by atoms with Crippen molar-refractivity contribution in [2.45, 2.75) is 86.2 Å². The lowest BCUT2D eigenvalue weighted by Crippen LogP contribution is -2.58. The Balaban J connectivity index is 0.00000301. The standard InChI is InChI=1S/C31H53N6O2P.C2H6/c1-6-11-24(30(40)12-7-2)20-34-15-13-26(14-16-34)36-18-17-35(21-25(36)8-3)22-27(38)19-28-29(9-4)37(23-33-28)31(39)32-10-5;1-2/h6-7,11-12,19,25-26,33,38H,8-10,13-18,20-23,40H2,1-5H3,(H,32,39);1-2H3/b11-6-,12-7+,27-19+,30-24-;. The van der Waals surface area contributed by atoms with Crippen molar-refractivity contribution in [1.82, 2.24) is 30.2 Å². The van der Waals surface area contributed by atoms with Crippen molar-refractivity contribution in [2.24, 2.45) is 0 Å². The zero-order chi connectivity index (χ0) is 31.1. The molecule has 0 aliphatic carbocycles. The van der Waals surface area contributed by atoms with E-state index >= 15 is 0 Å². The summed E-state index contributed by atoms with van der Waals surface area (Å²) >= 11 is 0. The van der Waals surface area contributed by atoms with Crippen LogP contribution in [0, 0.1) is 0 Å². The second kappa shape index (κ2) is 19.2. The molecule has 0 spiro atoms. The number of allylic oxidation sites excluding steroid dienone is 6. The summed E-state index contributed by atoms with van der Waals surface area (Å²) in [6.45, 7) is 22.2. The van der Waals surface area contributed by atoms with Crippen LogP contribution in [0.3, 0.4) is 0 Å². The van der Waals surface area contributed by atoms with Crippen LogP contribution in [0.4, 0.5) is 4.79 Å². The monoisotopic (exact) mass is 602 g/mol. The summed E-state index contributed by atoms with van der Waals surface area (Å²) in [6.07, 6.45) is 14.7. The number of likely N-dealkylation sites (tertiary alicyclic amines) is 1. The third kappa shape index (κ3) is 10.3. The zero-order valence-electron chi connectivity index (χ0n) is 27.5. The Morgan fingerprint density at radius 3 is 2.31 bits per heavy atom. The van der Waals surface area contributed by atoms with Crippen LogP contribution >= 0.6 is 9.24 Å². The van der Waals surface area contributed by atoms with Gasteiger partial charge < -0.3 is 15.7 Å². The van der Waals surface area contributed by atoms with Crippen LogP contribution in [0.2, 0.25) is 0 Å². The number of piperazine rings is 1. The van der Waals surface area contributed by atoms with Crippen LogP contribution in [-0.4, -0.2) is 102 Å². The van der Waals surface area contributed by atoms with Gasteiger partial charge in [0.05, 0.1) is 18.9 Å². The number of aliphatic hydroxyl groups is 1. The lowest BCUT2D eigenvalue weighted by atomic mass is 9.97. The van der Waals surface area contributed by atoms with Gasteiger partial charge in [0, 0.05) is 56.6 Å². The van der Waals surface area contributed by atoms with Gasteiger partial charge in [0.2, 0.25) is 0 Å². The summed E-state index contributed by atoms with van der Waals surface area (Å²) in [4.78, 5) is 21.8. The lowest BCUT2D eigenvalue weighted by Gasteiger charge is -2.47. The van der Waals surface area contributed by atoms with Gasteiger partial charge in [0.25, 0.3) is 0 Å². The molecular weight excluding hydrogens is 543 g/mol. The van der Waals surface area contributed by atoms with Crippen molar-refractivity contribution in [3.63, 3.8) is 0 Å². The molecule has 2 amide bonds. The molecule has 0 aromatic heterocycles. The maximum atomic E-state index is 12.4. The van der Waals surface area contributed by atoms with Crippen molar-refractivity contribution >= 4 is 15.3 Å². The minimum Gasteiger partial charge on any atom is -0.511 e. The number of nitrogens with zero attached hydrogens (tertiary/aromatic N) is 4. The van der Waals surface area contributed by atoms with Crippen molar-refractivity contribution in [2.75, 3.05) is 59.0 Å². The van der Waals surface area contributed by atoms with E-state index < -0.39 is 0 Å². The minimum absolute atomic E-state index is 0.0973. The Morgan fingerprint density at radius 1 is 1.02 bits per heavy atom. The van der Waals surface area contributed by atoms with E-state index in [1.165, 1.54) is 23.7 Å². The van der Waals surface area contributed by atoms with Crippen LogP contribution < -0.4 is 10.6 Å². The number of hydrogen-bond acceptors (Lipinski definition) is 6. The number of piperidine rings is 1. The van der Waals surface area contributed by atoms with Crippen LogP contribution in [0.15, 0.2) is 58.4 Å². The van der Waals surface area contributed by atoms with Gasteiger partial charge >= 0.3 is 6.03 Å².